The molecule has 0 aliphatic carbocycles. The highest BCUT2D eigenvalue weighted by molar-refractivity contribution is 5.86. The molecule has 0 saturated carbocycles. The van der Waals surface area contributed by atoms with Gasteiger partial charge in [-0.1, -0.05) is 13.5 Å². The lowest BCUT2D eigenvalue weighted by Crippen LogP contribution is -2.50. The van der Waals surface area contributed by atoms with Gasteiger partial charge in [-0.05, 0) is 12.5 Å². The molecule has 0 aromatic rings. The third kappa shape index (κ3) is 3.50. The molecule has 0 aromatic heterocycles. The molecule has 0 aromatic carbocycles. The molecule has 0 bridgehead atoms. The molecule has 0 saturated heterocycles. The van der Waals surface area contributed by atoms with Crippen LogP contribution in [0, 0.1) is 0 Å². The molecule has 0 unspecified atom stereocenters. The van der Waals surface area contributed by atoms with E-state index < -0.39 is 0 Å². The van der Waals surface area contributed by atoms with Gasteiger partial charge in [0.2, 0.25) is 0 Å². The maximum atomic E-state index is 11.2. The Morgan fingerprint density at radius 2 is 2.17 bits per heavy atom. The van der Waals surface area contributed by atoms with Crippen LogP contribution in [0.3, 0.4) is 0 Å². The lowest BCUT2D eigenvalue weighted by atomic mass is 10.5. The average molecular weight is 171 g/mol. The molecule has 12 heavy (non-hydrogen) atoms. The van der Waals surface area contributed by atoms with Crippen molar-refractivity contribution >= 4 is 5.91 Å². The summed E-state index contributed by atoms with van der Waals surface area (Å²) in [5.74, 6) is -0.145. The fourth-order valence-electron chi connectivity index (χ4n) is 0.721. The summed E-state index contributed by atoms with van der Waals surface area (Å²) in [6, 6.07) is 0. The molecule has 0 heterocycles. The Morgan fingerprint density at radius 1 is 1.58 bits per heavy atom. The molecule has 0 rings (SSSR count). The van der Waals surface area contributed by atoms with Gasteiger partial charge in [0, 0.05) is 20.6 Å². The molecule has 1 amide bonds. The van der Waals surface area contributed by atoms with Crippen LogP contribution in [0.1, 0.15) is 13.3 Å². The van der Waals surface area contributed by atoms with E-state index in [9.17, 15) is 4.79 Å². The topological polar surface area (TPSA) is 35.6 Å². The summed E-state index contributed by atoms with van der Waals surface area (Å²) in [5, 5.41) is 3.11. The second-order valence-electron chi connectivity index (χ2n) is 2.61. The van der Waals surface area contributed by atoms with Crippen LogP contribution in [-0.4, -0.2) is 36.7 Å². The molecule has 0 fully saturated rings. The van der Waals surface area contributed by atoms with Gasteiger partial charge in [-0.25, -0.2) is 15.6 Å². The summed E-state index contributed by atoms with van der Waals surface area (Å²) in [6.07, 6.45) is 2.26. The van der Waals surface area contributed by atoms with Gasteiger partial charge in [0.1, 0.15) is 0 Å². The van der Waals surface area contributed by atoms with Crippen molar-refractivity contribution in [1.29, 1.82) is 0 Å². The van der Waals surface area contributed by atoms with E-state index in [0.29, 0.717) is 0 Å². The van der Waals surface area contributed by atoms with E-state index in [1.165, 1.54) is 11.2 Å². The van der Waals surface area contributed by atoms with Crippen LogP contribution < -0.4 is 5.43 Å². The summed E-state index contributed by atoms with van der Waals surface area (Å²) < 4.78 is 0. The Morgan fingerprint density at radius 3 is 2.50 bits per heavy atom. The van der Waals surface area contributed by atoms with Crippen molar-refractivity contribution in [3.8, 4) is 0 Å². The van der Waals surface area contributed by atoms with Crippen molar-refractivity contribution in [2.24, 2.45) is 0 Å². The monoisotopic (exact) mass is 171 g/mol. The van der Waals surface area contributed by atoms with Crippen molar-refractivity contribution in [2.45, 2.75) is 13.3 Å². The van der Waals surface area contributed by atoms with Gasteiger partial charge >= 0.3 is 0 Å². The first-order chi connectivity index (χ1) is 5.63. The minimum atomic E-state index is -0.145. The van der Waals surface area contributed by atoms with Crippen LogP contribution in [0.15, 0.2) is 12.7 Å². The van der Waals surface area contributed by atoms with E-state index in [2.05, 4.69) is 12.0 Å². The quantitative estimate of drug-likeness (QED) is 0.480. The molecule has 0 spiro atoms. The third-order valence-corrected chi connectivity index (χ3v) is 1.29. The predicted molar refractivity (Wildman–Crippen MR) is 49.0 cm³/mol. The number of carbonyl (C=O) groups is 1. The second-order valence-corrected chi connectivity index (χ2v) is 2.61. The first-order valence-electron chi connectivity index (χ1n) is 4.00. The maximum absolute atomic E-state index is 11.2. The van der Waals surface area contributed by atoms with Crippen molar-refractivity contribution < 1.29 is 4.79 Å². The van der Waals surface area contributed by atoms with Crippen LogP contribution in [0.25, 0.3) is 0 Å². The fraction of sp³-hybridized carbons (Fsp3) is 0.625. The first-order valence-corrected chi connectivity index (χ1v) is 4.00. The Labute approximate surface area is 73.8 Å². The van der Waals surface area contributed by atoms with E-state index in [4.69, 9.17) is 0 Å². The normalized spacial score (nSPS) is 10.0. The summed E-state index contributed by atoms with van der Waals surface area (Å²) in [7, 11) is 3.59. The highest BCUT2D eigenvalue weighted by Gasteiger charge is 2.10. The highest BCUT2D eigenvalue weighted by atomic mass is 16.2. The van der Waals surface area contributed by atoms with E-state index in [-0.39, 0.29) is 5.91 Å². The molecule has 0 radical (unpaired) electrons. The lowest BCUT2D eigenvalue weighted by molar-refractivity contribution is -0.146. The standard InChI is InChI=1S/C8H17N3O/c1-5-7-9-11(10(3)4)8(12)6-2/h6,9H,2,5,7H2,1,3-4H3. The number of hydrogen-bond acceptors (Lipinski definition) is 3. The summed E-state index contributed by atoms with van der Waals surface area (Å²) in [5.41, 5.74) is 2.96. The minimum Gasteiger partial charge on any atom is -0.267 e. The van der Waals surface area contributed by atoms with Gasteiger partial charge in [-0.3, -0.25) is 4.79 Å². The van der Waals surface area contributed by atoms with E-state index >= 15 is 0 Å². The Bertz CT molecular complexity index is 156. The van der Waals surface area contributed by atoms with E-state index in [0.717, 1.165) is 13.0 Å². The molecule has 0 atom stereocenters. The predicted octanol–water partition coefficient (Wildman–Crippen LogP) is 0.392. The zero-order chi connectivity index (χ0) is 9.56. The number of nitrogens with one attached hydrogen (secondary N) is 1. The lowest BCUT2D eigenvalue weighted by Gasteiger charge is -2.27. The molecule has 1 N–H and O–H groups in total. The van der Waals surface area contributed by atoms with Crippen molar-refractivity contribution in [3.63, 3.8) is 0 Å². The zero-order valence-corrected chi connectivity index (χ0v) is 8.00. The second kappa shape index (κ2) is 5.74. The summed E-state index contributed by atoms with van der Waals surface area (Å²) in [6.45, 7) is 6.23. The number of rotatable bonds is 5. The zero-order valence-electron chi connectivity index (χ0n) is 8.00. The molecule has 0 aliphatic rings. The summed E-state index contributed by atoms with van der Waals surface area (Å²) >= 11 is 0. The van der Waals surface area contributed by atoms with Crippen LogP contribution in [0.2, 0.25) is 0 Å². The van der Waals surface area contributed by atoms with Gasteiger partial charge in [-0.2, -0.15) is 0 Å². The number of nitrogens with zero attached hydrogens (tertiary/aromatic N) is 2. The van der Waals surface area contributed by atoms with Gasteiger partial charge in [0.25, 0.3) is 5.91 Å². The van der Waals surface area contributed by atoms with Crippen LogP contribution in [-0.2, 0) is 4.79 Å². The molecule has 4 nitrogen and oxygen atoms in total. The Kier molecular flexibility index (Phi) is 5.32. The fourth-order valence-corrected chi connectivity index (χ4v) is 0.721. The Balaban J connectivity index is 4.03. The molecular weight excluding hydrogens is 154 g/mol. The minimum absolute atomic E-state index is 0.145. The van der Waals surface area contributed by atoms with E-state index in [1.54, 1.807) is 19.1 Å². The average Bonchev–Trinajstić information content (AvgIpc) is 2.04. The number of amides is 1. The number of hydrazine groups is 2. The first kappa shape index (κ1) is 11.1. The number of hydrogen-bond donors (Lipinski definition) is 1. The van der Waals surface area contributed by atoms with Crippen LogP contribution in [0.4, 0.5) is 0 Å². The molecule has 0 aliphatic heterocycles. The van der Waals surface area contributed by atoms with E-state index in [1.807, 2.05) is 6.92 Å². The van der Waals surface area contributed by atoms with Crippen molar-refractivity contribution in [1.82, 2.24) is 15.6 Å². The number of carbonyl (C=O) groups excluding carboxylic acids is 1. The van der Waals surface area contributed by atoms with Crippen molar-refractivity contribution in [2.75, 3.05) is 20.6 Å². The Hall–Kier alpha value is -0.870. The summed E-state index contributed by atoms with van der Waals surface area (Å²) in [4.78, 5) is 11.2. The molecule has 4 heteroatoms. The maximum Gasteiger partial charge on any atom is 0.275 e. The van der Waals surface area contributed by atoms with Crippen molar-refractivity contribution in [3.05, 3.63) is 12.7 Å². The SMILES string of the molecule is C=CC(=O)N(NCCC)N(C)C. The van der Waals surface area contributed by atoms with Gasteiger partial charge in [0.05, 0.1) is 0 Å². The highest BCUT2D eigenvalue weighted by Crippen LogP contribution is 1.89. The van der Waals surface area contributed by atoms with Crippen LogP contribution >= 0.6 is 0 Å². The third-order valence-electron chi connectivity index (χ3n) is 1.29. The molecular formula is C8H17N3O. The van der Waals surface area contributed by atoms with Gasteiger partial charge in [-0.15, -0.1) is 0 Å². The van der Waals surface area contributed by atoms with Crippen LogP contribution in [0.5, 0.6) is 0 Å². The van der Waals surface area contributed by atoms with Gasteiger partial charge in [0.15, 0.2) is 0 Å². The smallest absolute Gasteiger partial charge is 0.267 e. The van der Waals surface area contributed by atoms with Gasteiger partial charge < -0.3 is 0 Å². The largest absolute Gasteiger partial charge is 0.275 e. The molecule has 70 valence electrons.